The Labute approximate surface area is 119 Å². The van der Waals surface area contributed by atoms with Crippen molar-refractivity contribution in [3.8, 4) is 0 Å². The molecule has 3 rings (SSSR count). The van der Waals surface area contributed by atoms with Gasteiger partial charge in [-0.1, -0.05) is 6.07 Å². The lowest BCUT2D eigenvalue weighted by Gasteiger charge is -2.22. The van der Waals surface area contributed by atoms with E-state index in [0.29, 0.717) is 12.0 Å². The van der Waals surface area contributed by atoms with Gasteiger partial charge in [0.15, 0.2) is 0 Å². The molecule has 0 spiro atoms. The highest BCUT2D eigenvalue weighted by Crippen LogP contribution is 2.33. The van der Waals surface area contributed by atoms with Gasteiger partial charge in [0.05, 0.1) is 12.7 Å². The van der Waals surface area contributed by atoms with E-state index < -0.39 is 0 Å². The lowest BCUT2D eigenvalue weighted by atomic mass is 9.91. The Morgan fingerprint density at radius 2 is 2.40 bits per heavy atom. The first-order valence-corrected chi connectivity index (χ1v) is 7.30. The van der Waals surface area contributed by atoms with Gasteiger partial charge < -0.3 is 20.1 Å². The second-order valence-corrected chi connectivity index (χ2v) is 5.50. The van der Waals surface area contributed by atoms with E-state index in [0.717, 1.165) is 37.1 Å². The monoisotopic (exact) mass is 274 g/mol. The minimum absolute atomic E-state index is 0.0805. The quantitative estimate of drug-likeness (QED) is 0.783. The fourth-order valence-electron chi connectivity index (χ4n) is 3.18. The van der Waals surface area contributed by atoms with E-state index in [-0.39, 0.29) is 6.61 Å². The van der Waals surface area contributed by atoms with Crippen molar-refractivity contribution in [1.29, 1.82) is 0 Å². The first-order valence-electron chi connectivity index (χ1n) is 7.30. The van der Waals surface area contributed by atoms with Crippen LogP contribution in [0.3, 0.4) is 0 Å². The highest BCUT2D eigenvalue weighted by atomic mass is 16.5. The standard InChI is InChI=1S/C16H22N2O2/c1-17-8-14(16-3-2-6-20-16)13-9-18-15-5-4-11(10-19)7-12(13)15/h4-5,7,9,14,16-19H,2-3,6,8,10H2,1H3. The zero-order valence-electron chi connectivity index (χ0n) is 11.9. The van der Waals surface area contributed by atoms with Crippen LogP contribution in [0.2, 0.25) is 0 Å². The van der Waals surface area contributed by atoms with Crippen LogP contribution in [0.5, 0.6) is 0 Å². The summed E-state index contributed by atoms with van der Waals surface area (Å²) in [5.41, 5.74) is 3.36. The fraction of sp³-hybridized carbons (Fsp3) is 0.500. The molecule has 0 amide bonds. The minimum Gasteiger partial charge on any atom is -0.392 e. The number of nitrogens with one attached hydrogen (secondary N) is 2. The highest BCUT2D eigenvalue weighted by molar-refractivity contribution is 5.84. The summed E-state index contributed by atoms with van der Waals surface area (Å²) in [6.07, 6.45) is 4.66. The van der Waals surface area contributed by atoms with Crippen LogP contribution in [-0.4, -0.2) is 36.4 Å². The second kappa shape index (κ2) is 5.95. The molecule has 1 aromatic heterocycles. The third-order valence-electron chi connectivity index (χ3n) is 4.20. The summed E-state index contributed by atoms with van der Waals surface area (Å²) < 4.78 is 5.89. The fourth-order valence-corrected chi connectivity index (χ4v) is 3.18. The van der Waals surface area contributed by atoms with Crippen LogP contribution in [0.4, 0.5) is 0 Å². The van der Waals surface area contributed by atoms with Crippen molar-refractivity contribution in [2.45, 2.75) is 31.5 Å². The summed E-state index contributed by atoms with van der Waals surface area (Å²) in [4.78, 5) is 3.34. The molecule has 108 valence electrons. The molecule has 0 bridgehead atoms. The Balaban J connectivity index is 2.00. The van der Waals surface area contributed by atoms with E-state index in [4.69, 9.17) is 4.74 Å². The predicted molar refractivity (Wildman–Crippen MR) is 79.9 cm³/mol. The molecule has 4 heteroatoms. The smallest absolute Gasteiger partial charge is 0.0682 e. The van der Waals surface area contributed by atoms with E-state index in [1.807, 2.05) is 19.2 Å². The van der Waals surface area contributed by atoms with Crippen molar-refractivity contribution in [1.82, 2.24) is 10.3 Å². The van der Waals surface area contributed by atoms with Crippen LogP contribution < -0.4 is 5.32 Å². The Morgan fingerprint density at radius 1 is 1.50 bits per heavy atom. The second-order valence-electron chi connectivity index (χ2n) is 5.50. The van der Waals surface area contributed by atoms with Gasteiger partial charge in [-0.3, -0.25) is 0 Å². The Bertz CT molecular complexity index is 573. The summed E-state index contributed by atoms with van der Waals surface area (Å²) >= 11 is 0. The maximum Gasteiger partial charge on any atom is 0.0682 e. The molecule has 1 saturated heterocycles. The number of benzene rings is 1. The largest absolute Gasteiger partial charge is 0.392 e. The van der Waals surface area contributed by atoms with Gasteiger partial charge >= 0.3 is 0 Å². The van der Waals surface area contributed by atoms with Crippen molar-refractivity contribution < 1.29 is 9.84 Å². The summed E-state index contributed by atoms with van der Waals surface area (Å²) in [6, 6.07) is 6.08. The molecular formula is C16H22N2O2. The number of hydrogen-bond acceptors (Lipinski definition) is 3. The average molecular weight is 274 g/mol. The van der Waals surface area contributed by atoms with Crippen molar-refractivity contribution in [2.24, 2.45) is 0 Å². The van der Waals surface area contributed by atoms with Gasteiger partial charge in [-0.15, -0.1) is 0 Å². The molecule has 2 atom stereocenters. The maximum atomic E-state index is 9.33. The molecule has 1 aliphatic rings. The van der Waals surface area contributed by atoms with Crippen molar-refractivity contribution in [3.63, 3.8) is 0 Å². The Hall–Kier alpha value is -1.36. The molecule has 1 aliphatic heterocycles. The van der Waals surface area contributed by atoms with Gasteiger partial charge in [0.25, 0.3) is 0 Å². The first kappa shape index (κ1) is 13.6. The zero-order valence-corrected chi connectivity index (χ0v) is 11.9. The number of ether oxygens (including phenoxy) is 1. The molecule has 2 heterocycles. The highest BCUT2D eigenvalue weighted by Gasteiger charge is 2.28. The number of hydrogen-bond donors (Lipinski definition) is 3. The number of aliphatic hydroxyl groups excluding tert-OH is 1. The van der Waals surface area contributed by atoms with Crippen molar-refractivity contribution in [2.75, 3.05) is 20.2 Å². The number of aromatic amines is 1. The molecule has 0 saturated carbocycles. The topological polar surface area (TPSA) is 57.3 Å². The number of aliphatic hydroxyl groups is 1. The van der Waals surface area contributed by atoms with Gasteiger partial charge in [-0.2, -0.15) is 0 Å². The van der Waals surface area contributed by atoms with Crippen LogP contribution in [0.1, 0.15) is 29.9 Å². The molecular weight excluding hydrogens is 252 g/mol. The lowest BCUT2D eigenvalue weighted by Crippen LogP contribution is -2.27. The number of aromatic nitrogens is 1. The van der Waals surface area contributed by atoms with Crippen LogP contribution in [0.15, 0.2) is 24.4 Å². The number of H-pyrrole nitrogens is 1. The third-order valence-corrected chi connectivity index (χ3v) is 4.20. The summed E-state index contributed by atoms with van der Waals surface area (Å²) in [5, 5.41) is 13.8. The van der Waals surface area contributed by atoms with E-state index >= 15 is 0 Å². The number of rotatable bonds is 5. The minimum atomic E-state index is 0.0805. The molecule has 3 N–H and O–H groups in total. The average Bonchev–Trinajstić information content (AvgIpc) is 3.14. The molecule has 20 heavy (non-hydrogen) atoms. The van der Waals surface area contributed by atoms with E-state index in [1.54, 1.807) is 0 Å². The van der Waals surface area contributed by atoms with E-state index in [9.17, 15) is 5.11 Å². The van der Waals surface area contributed by atoms with Crippen LogP contribution in [-0.2, 0) is 11.3 Å². The molecule has 0 aliphatic carbocycles. The SMILES string of the molecule is CNCC(c1c[nH]c2ccc(CO)cc12)C1CCCO1. The van der Waals surface area contributed by atoms with Gasteiger partial charge in [0.1, 0.15) is 0 Å². The third kappa shape index (κ3) is 2.46. The Morgan fingerprint density at radius 3 is 3.10 bits per heavy atom. The summed E-state index contributed by atoms with van der Waals surface area (Å²) in [6.45, 7) is 1.85. The Kier molecular flexibility index (Phi) is 4.05. The maximum absolute atomic E-state index is 9.33. The van der Waals surface area contributed by atoms with Gasteiger partial charge in [-0.05, 0) is 43.1 Å². The molecule has 0 radical (unpaired) electrons. The molecule has 2 aromatic rings. The number of fused-ring (bicyclic) bond motifs is 1. The normalized spacial score (nSPS) is 20.6. The first-order chi connectivity index (χ1) is 9.83. The van der Waals surface area contributed by atoms with Crippen molar-refractivity contribution >= 4 is 10.9 Å². The number of likely N-dealkylation sites (N-methyl/N-ethyl adjacent to an activating group) is 1. The molecule has 2 unspecified atom stereocenters. The van der Waals surface area contributed by atoms with Gasteiger partial charge in [-0.25, -0.2) is 0 Å². The van der Waals surface area contributed by atoms with E-state index in [1.165, 1.54) is 10.9 Å². The van der Waals surface area contributed by atoms with Crippen LogP contribution in [0, 0.1) is 0 Å². The van der Waals surface area contributed by atoms with Gasteiger partial charge in [0.2, 0.25) is 0 Å². The lowest BCUT2D eigenvalue weighted by molar-refractivity contribution is 0.0890. The van der Waals surface area contributed by atoms with E-state index in [2.05, 4.69) is 22.6 Å². The molecule has 1 fully saturated rings. The predicted octanol–water partition coefficient (Wildman–Crippen LogP) is 2.14. The molecule has 1 aromatic carbocycles. The zero-order chi connectivity index (χ0) is 13.9. The van der Waals surface area contributed by atoms with Crippen LogP contribution in [0.25, 0.3) is 10.9 Å². The van der Waals surface area contributed by atoms with Crippen molar-refractivity contribution in [3.05, 3.63) is 35.5 Å². The molecule has 4 nitrogen and oxygen atoms in total. The van der Waals surface area contributed by atoms with Gasteiger partial charge in [0, 0.05) is 36.2 Å². The summed E-state index contributed by atoms with van der Waals surface area (Å²) in [7, 11) is 1.98. The van der Waals surface area contributed by atoms with Crippen LogP contribution >= 0.6 is 0 Å². The summed E-state index contributed by atoms with van der Waals surface area (Å²) in [5.74, 6) is 0.352.